The normalized spacial score (nSPS) is 16.3. The number of halogens is 1. The van der Waals surface area contributed by atoms with Gasteiger partial charge in [-0.2, -0.15) is 0 Å². The summed E-state index contributed by atoms with van der Waals surface area (Å²) in [5.41, 5.74) is 2.58. The molecule has 1 atom stereocenters. The summed E-state index contributed by atoms with van der Waals surface area (Å²) in [4.78, 5) is 25.6. The molecule has 7 nitrogen and oxygen atoms in total. The van der Waals surface area contributed by atoms with Crippen LogP contribution >= 0.6 is 11.6 Å². The van der Waals surface area contributed by atoms with Crippen LogP contribution in [-0.2, 0) is 27.5 Å². The first kappa shape index (κ1) is 24.8. The van der Waals surface area contributed by atoms with Crippen LogP contribution in [0.3, 0.4) is 0 Å². The highest BCUT2D eigenvalue weighted by Crippen LogP contribution is 2.31. The van der Waals surface area contributed by atoms with E-state index in [1.54, 1.807) is 26.4 Å². The van der Waals surface area contributed by atoms with Crippen LogP contribution < -0.4 is 14.8 Å². The number of rotatable bonds is 7. The fourth-order valence-corrected chi connectivity index (χ4v) is 5.91. The predicted octanol–water partition coefficient (Wildman–Crippen LogP) is 4.37. The second-order valence-electron chi connectivity index (χ2n) is 8.21. The molecular formula is C26H24ClNO6S. The molecule has 1 heterocycles. The zero-order valence-corrected chi connectivity index (χ0v) is 20.8. The lowest BCUT2D eigenvalue weighted by molar-refractivity contribution is -0.118. The number of anilines is 1. The van der Waals surface area contributed by atoms with Gasteiger partial charge in [0.25, 0.3) is 0 Å². The molecule has 3 aromatic carbocycles. The molecule has 0 bridgehead atoms. The minimum absolute atomic E-state index is 0.0468. The molecule has 0 saturated carbocycles. The molecule has 0 spiro atoms. The molecule has 0 saturated heterocycles. The van der Waals surface area contributed by atoms with E-state index in [0.29, 0.717) is 17.2 Å². The van der Waals surface area contributed by atoms with Gasteiger partial charge in [0.2, 0.25) is 5.91 Å². The number of hydrogen-bond donors (Lipinski definition) is 1. The van der Waals surface area contributed by atoms with E-state index in [1.165, 1.54) is 18.2 Å². The number of Topliss-reactive ketones (excluding diaryl/α,β-unsaturated/α-hetero) is 1. The number of methoxy groups -OCH3 is 2. The number of sulfone groups is 1. The lowest BCUT2D eigenvalue weighted by Gasteiger charge is -2.23. The number of amides is 1. The third kappa shape index (κ3) is 5.33. The summed E-state index contributed by atoms with van der Waals surface area (Å²) in [5.74, 6) is -1.78. The average Bonchev–Trinajstić information content (AvgIpc) is 2.85. The van der Waals surface area contributed by atoms with E-state index in [9.17, 15) is 18.0 Å². The Balaban J connectivity index is 1.42. The van der Waals surface area contributed by atoms with Crippen LogP contribution in [-0.4, -0.2) is 40.1 Å². The molecule has 1 N–H and O–H groups in total. The molecule has 0 aliphatic carbocycles. The Bertz CT molecular complexity index is 1390. The van der Waals surface area contributed by atoms with Crippen LogP contribution in [0.1, 0.15) is 21.5 Å². The molecule has 4 rings (SSSR count). The van der Waals surface area contributed by atoms with Gasteiger partial charge in [-0.25, -0.2) is 8.42 Å². The Morgan fingerprint density at radius 3 is 2.29 bits per heavy atom. The number of carbonyl (C=O) groups is 2. The van der Waals surface area contributed by atoms with Crippen molar-refractivity contribution in [3.05, 3.63) is 82.4 Å². The van der Waals surface area contributed by atoms with E-state index in [-0.39, 0.29) is 15.5 Å². The van der Waals surface area contributed by atoms with Crippen molar-refractivity contribution in [2.24, 2.45) is 5.92 Å². The van der Waals surface area contributed by atoms with Crippen molar-refractivity contribution >= 4 is 38.8 Å². The summed E-state index contributed by atoms with van der Waals surface area (Å²) in [5, 5.41) is 2.90. The second kappa shape index (κ2) is 10.1. The molecule has 182 valence electrons. The lowest BCUT2D eigenvalue weighted by atomic mass is 9.97. The van der Waals surface area contributed by atoms with Crippen LogP contribution in [0.15, 0.2) is 65.6 Å². The van der Waals surface area contributed by atoms with Gasteiger partial charge in [0.05, 0.1) is 24.9 Å². The molecular weight excluding hydrogens is 490 g/mol. The first-order valence-corrected chi connectivity index (χ1v) is 12.9. The number of ketones is 1. The number of aryl methyl sites for hydroxylation is 2. The average molecular weight is 514 g/mol. The zero-order chi connectivity index (χ0) is 25.2. The number of ether oxygens (including phenoxy) is 2. The van der Waals surface area contributed by atoms with Crippen LogP contribution in [0.25, 0.3) is 0 Å². The van der Waals surface area contributed by atoms with Gasteiger partial charge in [-0.05, 0) is 66.4 Å². The number of nitrogens with one attached hydrogen (secondary N) is 1. The number of hydrogen-bond acceptors (Lipinski definition) is 6. The second-order valence-corrected chi connectivity index (χ2v) is 10.7. The van der Waals surface area contributed by atoms with Crippen molar-refractivity contribution in [3.8, 4) is 11.5 Å². The fraction of sp³-hybridized carbons (Fsp3) is 0.231. The standard InChI is InChI=1S/C26H24ClNO6S/c1-33-22-11-7-17(13-23(22)34-2)4-3-16-5-9-19(10-6-16)28-26(30)21-15-35(31,32)24-12-8-18(27)14-20(24)25(21)29/h5-14,21H,3-4,15H2,1-2H3,(H,28,30). The number of carbonyl (C=O) groups excluding carboxylic acids is 2. The predicted molar refractivity (Wildman–Crippen MR) is 133 cm³/mol. The minimum Gasteiger partial charge on any atom is -0.493 e. The molecule has 1 aliphatic heterocycles. The van der Waals surface area contributed by atoms with Gasteiger partial charge in [-0.15, -0.1) is 0 Å². The van der Waals surface area contributed by atoms with E-state index in [4.69, 9.17) is 21.1 Å². The first-order valence-electron chi connectivity index (χ1n) is 10.9. The molecule has 35 heavy (non-hydrogen) atoms. The van der Waals surface area contributed by atoms with Crippen LogP contribution in [0.2, 0.25) is 5.02 Å². The SMILES string of the molecule is COc1ccc(CCc2ccc(NC(=O)C3CS(=O)(=O)c4ccc(Cl)cc4C3=O)cc2)cc1OC. The van der Waals surface area contributed by atoms with Gasteiger partial charge in [0, 0.05) is 16.3 Å². The van der Waals surface area contributed by atoms with E-state index >= 15 is 0 Å². The van der Waals surface area contributed by atoms with Gasteiger partial charge >= 0.3 is 0 Å². The van der Waals surface area contributed by atoms with E-state index in [0.717, 1.165) is 24.0 Å². The summed E-state index contributed by atoms with van der Waals surface area (Å²) < 4.78 is 35.8. The smallest absolute Gasteiger partial charge is 0.236 e. The van der Waals surface area contributed by atoms with E-state index < -0.39 is 33.2 Å². The number of benzene rings is 3. The largest absolute Gasteiger partial charge is 0.493 e. The molecule has 0 radical (unpaired) electrons. The highest BCUT2D eigenvalue weighted by Gasteiger charge is 2.41. The quantitative estimate of drug-likeness (QED) is 0.471. The van der Waals surface area contributed by atoms with Crippen molar-refractivity contribution in [2.45, 2.75) is 17.7 Å². The highest BCUT2D eigenvalue weighted by molar-refractivity contribution is 7.91. The molecule has 9 heteroatoms. The molecule has 1 unspecified atom stereocenters. The maximum Gasteiger partial charge on any atom is 0.236 e. The van der Waals surface area contributed by atoms with Crippen molar-refractivity contribution in [1.29, 1.82) is 0 Å². The van der Waals surface area contributed by atoms with Gasteiger partial charge < -0.3 is 14.8 Å². The minimum atomic E-state index is -3.79. The molecule has 0 aromatic heterocycles. The Morgan fingerprint density at radius 1 is 0.943 bits per heavy atom. The van der Waals surface area contributed by atoms with Crippen molar-refractivity contribution < 1.29 is 27.5 Å². The topological polar surface area (TPSA) is 98.8 Å². The van der Waals surface area contributed by atoms with E-state index in [1.807, 2.05) is 30.3 Å². The third-order valence-electron chi connectivity index (χ3n) is 5.93. The van der Waals surface area contributed by atoms with Gasteiger partial charge in [-0.1, -0.05) is 29.8 Å². The fourth-order valence-electron chi connectivity index (χ4n) is 4.04. The van der Waals surface area contributed by atoms with Gasteiger partial charge in [-0.3, -0.25) is 9.59 Å². The summed E-state index contributed by atoms with van der Waals surface area (Å²) in [6.07, 6.45) is 1.54. The summed E-state index contributed by atoms with van der Waals surface area (Å²) in [6, 6.07) is 17.0. The summed E-state index contributed by atoms with van der Waals surface area (Å²) >= 11 is 5.94. The lowest BCUT2D eigenvalue weighted by Crippen LogP contribution is -2.39. The molecule has 3 aromatic rings. The monoisotopic (exact) mass is 513 g/mol. The Labute approximate surface area is 208 Å². The van der Waals surface area contributed by atoms with Gasteiger partial charge in [0.1, 0.15) is 5.92 Å². The van der Waals surface area contributed by atoms with Gasteiger partial charge in [0.15, 0.2) is 27.1 Å². The Hall–Kier alpha value is -3.36. The number of fused-ring (bicyclic) bond motifs is 1. The van der Waals surface area contributed by atoms with Crippen molar-refractivity contribution in [1.82, 2.24) is 0 Å². The van der Waals surface area contributed by atoms with Crippen LogP contribution in [0, 0.1) is 5.92 Å². The van der Waals surface area contributed by atoms with Crippen molar-refractivity contribution in [3.63, 3.8) is 0 Å². The zero-order valence-electron chi connectivity index (χ0n) is 19.2. The highest BCUT2D eigenvalue weighted by atomic mass is 35.5. The maximum absolute atomic E-state index is 12.8. The summed E-state index contributed by atoms with van der Waals surface area (Å²) in [6.45, 7) is 0. The van der Waals surface area contributed by atoms with E-state index in [2.05, 4.69) is 5.32 Å². The molecule has 1 amide bonds. The Kier molecular flexibility index (Phi) is 7.14. The Morgan fingerprint density at radius 2 is 1.60 bits per heavy atom. The molecule has 0 fully saturated rings. The van der Waals surface area contributed by atoms with Crippen LogP contribution in [0.5, 0.6) is 11.5 Å². The first-order chi connectivity index (χ1) is 16.7. The summed E-state index contributed by atoms with van der Waals surface area (Å²) in [7, 11) is -0.597. The maximum atomic E-state index is 12.8. The third-order valence-corrected chi connectivity index (χ3v) is 7.97. The molecule has 1 aliphatic rings. The van der Waals surface area contributed by atoms with Crippen molar-refractivity contribution in [2.75, 3.05) is 25.3 Å². The van der Waals surface area contributed by atoms with Crippen LogP contribution in [0.4, 0.5) is 5.69 Å².